The minimum atomic E-state index is -0.634. The topological polar surface area (TPSA) is 111 Å². The first kappa shape index (κ1) is 19.4. The van der Waals surface area contributed by atoms with Crippen molar-refractivity contribution < 1.29 is 19.2 Å². The number of amides is 1. The molecule has 0 bridgehead atoms. The summed E-state index contributed by atoms with van der Waals surface area (Å²) in [6, 6.07) is 12.2. The van der Waals surface area contributed by atoms with Crippen LogP contribution in [0.2, 0.25) is 0 Å². The molecule has 3 aromatic rings. The normalized spacial score (nSPS) is 10.6. The molecule has 3 rings (SSSR count). The fourth-order valence-corrected chi connectivity index (χ4v) is 3.56. The Morgan fingerprint density at radius 1 is 1.21 bits per heavy atom. The van der Waals surface area contributed by atoms with Crippen molar-refractivity contribution in [2.45, 2.75) is 19.8 Å². The zero-order valence-electron chi connectivity index (χ0n) is 15.0. The summed E-state index contributed by atoms with van der Waals surface area (Å²) >= 11 is 1.51. The van der Waals surface area contributed by atoms with E-state index in [0.29, 0.717) is 12.0 Å². The number of nitro groups is 1. The molecule has 0 saturated heterocycles. The van der Waals surface area contributed by atoms with Gasteiger partial charge >= 0.3 is 5.97 Å². The number of hydrogen-bond donors (Lipinski definition) is 1. The molecule has 9 heteroatoms. The largest absolute Gasteiger partial charge is 0.456 e. The third-order valence-electron chi connectivity index (χ3n) is 3.96. The number of anilines is 1. The van der Waals surface area contributed by atoms with Crippen molar-refractivity contribution in [3.05, 3.63) is 63.1 Å². The van der Waals surface area contributed by atoms with Gasteiger partial charge < -0.3 is 10.1 Å². The molecule has 0 aliphatic carbocycles. The number of nitro benzene ring substituents is 1. The number of ether oxygens (including phenoxy) is 1. The Balaban J connectivity index is 1.50. The zero-order valence-corrected chi connectivity index (χ0v) is 15.8. The molecule has 0 aliphatic heterocycles. The lowest BCUT2D eigenvalue weighted by Gasteiger charge is -2.09. The van der Waals surface area contributed by atoms with Crippen molar-refractivity contribution in [2.75, 3.05) is 11.9 Å². The van der Waals surface area contributed by atoms with Crippen molar-refractivity contribution in [3.63, 3.8) is 0 Å². The van der Waals surface area contributed by atoms with Crippen LogP contribution in [0.1, 0.15) is 17.0 Å². The molecular formula is C19H17N3O5S. The van der Waals surface area contributed by atoms with E-state index in [-0.39, 0.29) is 17.8 Å². The molecule has 8 nitrogen and oxygen atoms in total. The molecule has 1 amide bonds. The number of aromatic nitrogens is 1. The number of fused-ring (bicyclic) bond motifs is 1. The van der Waals surface area contributed by atoms with Crippen LogP contribution in [0.3, 0.4) is 0 Å². The van der Waals surface area contributed by atoms with Gasteiger partial charge in [-0.15, -0.1) is 11.3 Å². The number of nitrogens with zero attached hydrogens (tertiary/aromatic N) is 2. The van der Waals surface area contributed by atoms with Gasteiger partial charge in [-0.2, -0.15) is 0 Å². The lowest BCUT2D eigenvalue weighted by molar-refractivity contribution is -0.384. The molecule has 2 aromatic carbocycles. The van der Waals surface area contributed by atoms with Crippen LogP contribution in [-0.2, 0) is 20.7 Å². The second-order valence-corrected chi connectivity index (χ2v) is 7.13. The molecule has 28 heavy (non-hydrogen) atoms. The number of thiazole rings is 1. The molecule has 0 saturated carbocycles. The Kier molecular flexibility index (Phi) is 5.95. The van der Waals surface area contributed by atoms with Crippen molar-refractivity contribution in [1.82, 2.24) is 4.98 Å². The number of carbonyl (C=O) groups is 2. The van der Waals surface area contributed by atoms with E-state index in [1.807, 2.05) is 24.3 Å². The molecular weight excluding hydrogens is 382 g/mol. The van der Waals surface area contributed by atoms with Gasteiger partial charge in [-0.3, -0.25) is 19.7 Å². The summed E-state index contributed by atoms with van der Waals surface area (Å²) in [6.45, 7) is 1.14. The van der Waals surface area contributed by atoms with E-state index in [1.165, 1.54) is 23.5 Å². The van der Waals surface area contributed by atoms with Gasteiger partial charge in [0.05, 0.1) is 26.6 Å². The van der Waals surface area contributed by atoms with Gasteiger partial charge in [0.15, 0.2) is 6.61 Å². The fraction of sp³-hybridized carbons (Fsp3) is 0.211. The van der Waals surface area contributed by atoms with Crippen LogP contribution in [0.4, 0.5) is 11.4 Å². The molecule has 1 heterocycles. The van der Waals surface area contributed by atoms with E-state index in [9.17, 15) is 19.7 Å². The molecule has 144 valence electrons. The van der Waals surface area contributed by atoms with Gasteiger partial charge in [0.2, 0.25) is 0 Å². The van der Waals surface area contributed by atoms with Crippen LogP contribution in [-0.4, -0.2) is 28.4 Å². The van der Waals surface area contributed by atoms with Gasteiger partial charge in [-0.05, 0) is 24.6 Å². The Bertz CT molecular complexity index is 1010. The highest BCUT2D eigenvalue weighted by Gasteiger charge is 2.18. The summed E-state index contributed by atoms with van der Waals surface area (Å²) in [5.74, 6) is -1.17. The van der Waals surface area contributed by atoms with Gasteiger partial charge in [-0.1, -0.05) is 24.3 Å². The number of benzene rings is 2. The van der Waals surface area contributed by atoms with Gasteiger partial charge in [-0.25, -0.2) is 4.98 Å². The SMILES string of the molecule is Cc1cccc([N+](=O)[O-])c1NC(=O)COC(=O)CCc1nc2ccccc2s1. The minimum absolute atomic E-state index is 0.0949. The number of esters is 1. The molecule has 0 radical (unpaired) electrons. The van der Waals surface area contributed by atoms with Crippen molar-refractivity contribution in [1.29, 1.82) is 0 Å². The maximum atomic E-state index is 12.0. The lowest BCUT2D eigenvalue weighted by atomic mass is 10.1. The first-order chi connectivity index (χ1) is 13.4. The van der Waals surface area contributed by atoms with E-state index in [0.717, 1.165) is 15.2 Å². The Morgan fingerprint density at radius 3 is 2.75 bits per heavy atom. The third kappa shape index (κ3) is 4.68. The maximum absolute atomic E-state index is 12.0. The Labute approximate surface area is 164 Å². The predicted octanol–water partition coefficient (Wildman–Crippen LogP) is 3.63. The highest BCUT2D eigenvalue weighted by Crippen LogP contribution is 2.27. The number of para-hydroxylation sites is 2. The summed E-state index contributed by atoms with van der Waals surface area (Å²) in [4.78, 5) is 38.8. The van der Waals surface area contributed by atoms with E-state index >= 15 is 0 Å². The summed E-state index contributed by atoms with van der Waals surface area (Å²) in [5, 5.41) is 14.3. The van der Waals surface area contributed by atoms with Crippen LogP contribution >= 0.6 is 11.3 Å². The summed E-state index contributed by atoms with van der Waals surface area (Å²) in [5.41, 5.74) is 1.32. The van der Waals surface area contributed by atoms with E-state index in [2.05, 4.69) is 10.3 Å². The second kappa shape index (κ2) is 8.57. The summed E-state index contributed by atoms with van der Waals surface area (Å²) < 4.78 is 6.01. The van der Waals surface area contributed by atoms with Gasteiger partial charge in [0.25, 0.3) is 11.6 Å². The molecule has 0 aliphatic rings. The van der Waals surface area contributed by atoms with Crippen molar-refractivity contribution in [2.24, 2.45) is 0 Å². The zero-order chi connectivity index (χ0) is 20.1. The molecule has 0 fully saturated rings. The predicted molar refractivity (Wildman–Crippen MR) is 105 cm³/mol. The monoisotopic (exact) mass is 399 g/mol. The maximum Gasteiger partial charge on any atom is 0.306 e. The van der Waals surface area contributed by atoms with Crippen molar-refractivity contribution >= 4 is 44.8 Å². The molecule has 0 spiro atoms. The number of hydrogen-bond acceptors (Lipinski definition) is 7. The summed E-state index contributed by atoms with van der Waals surface area (Å²) in [6.07, 6.45) is 0.515. The Hall–Kier alpha value is -3.33. The highest BCUT2D eigenvalue weighted by atomic mass is 32.1. The fourth-order valence-electron chi connectivity index (χ4n) is 2.60. The quantitative estimate of drug-likeness (QED) is 0.369. The average molecular weight is 399 g/mol. The highest BCUT2D eigenvalue weighted by molar-refractivity contribution is 7.18. The molecule has 0 unspecified atom stereocenters. The van der Waals surface area contributed by atoms with Crippen LogP contribution < -0.4 is 5.32 Å². The molecule has 1 N–H and O–H groups in total. The van der Waals surface area contributed by atoms with Crippen LogP contribution in [0.25, 0.3) is 10.2 Å². The van der Waals surface area contributed by atoms with Crippen LogP contribution in [0, 0.1) is 17.0 Å². The van der Waals surface area contributed by atoms with Crippen LogP contribution in [0.5, 0.6) is 0 Å². The van der Waals surface area contributed by atoms with E-state index in [1.54, 1.807) is 13.0 Å². The smallest absolute Gasteiger partial charge is 0.306 e. The van der Waals surface area contributed by atoms with E-state index in [4.69, 9.17) is 4.74 Å². The number of carbonyl (C=O) groups excluding carboxylic acids is 2. The first-order valence-corrected chi connectivity index (χ1v) is 9.29. The Morgan fingerprint density at radius 2 is 2.00 bits per heavy atom. The second-order valence-electron chi connectivity index (χ2n) is 6.01. The van der Waals surface area contributed by atoms with E-state index < -0.39 is 23.4 Å². The van der Waals surface area contributed by atoms with Crippen molar-refractivity contribution in [3.8, 4) is 0 Å². The third-order valence-corrected chi connectivity index (χ3v) is 5.05. The average Bonchev–Trinajstić information content (AvgIpc) is 3.09. The molecule has 1 aromatic heterocycles. The lowest BCUT2D eigenvalue weighted by Crippen LogP contribution is -2.22. The standard InChI is InChI=1S/C19H17N3O5S/c1-12-5-4-7-14(22(25)26)19(12)21-16(23)11-27-18(24)10-9-17-20-13-6-2-3-8-15(13)28-17/h2-8H,9-11H2,1H3,(H,21,23). The summed E-state index contributed by atoms with van der Waals surface area (Å²) in [7, 11) is 0. The van der Waals surface area contributed by atoms with Crippen LogP contribution in [0.15, 0.2) is 42.5 Å². The van der Waals surface area contributed by atoms with Gasteiger partial charge in [0, 0.05) is 12.5 Å². The molecule has 0 atom stereocenters. The first-order valence-electron chi connectivity index (χ1n) is 8.48. The number of nitrogens with one attached hydrogen (secondary N) is 1. The minimum Gasteiger partial charge on any atom is -0.456 e. The number of aryl methyl sites for hydroxylation is 2. The number of rotatable bonds is 7. The van der Waals surface area contributed by atoms with Gasteiger partial charge in [0.1, 0.15) is 5.69 Å².